The van der Waals surface area contributed by atoms with Gasteiger partial charge in [-0.2, -0.15) is 4.98 Å². The number of carbonyl (C=O) groups excluding carboxylic acids is 6. The third-order valence-electron chi connectivity index (χ3n) is 17.3. The first-order chi connectivity index (χ1) is 47.9. The summed E-state index contributed by atoms with van der Waals surface area (Å²) in [7, 11) is 6.24. The van der Waals surface area contributed by atoms with E-state index in [0.717, 1.165) is 117 Å². The molecule has 0 atom stereocenters. The van der Waals surface area contributed by atoms with Crippen molar-refractivity contribution in [3.05, 3.63) is 177 Å². The van der Waals surface area contributed by atoms with Crippen molar-refractivity contribution >= 4 is 108 Å². The van der Waals surface area contributed by atoms with E-state index in [1.54, 1.807) is 118 Å². The molecule has 12 heterocycles. The van der Waals surface area contributed by atoms with E-state index in [2.05, 4.69) is 76.7 Å². The van der Waals surface area contributed by atoms with E-state index in [-0.39, 0.29) is 48.7 Å². The fourth-order valence-electron chi connectivity index (χ4n) is 12.2. The van der Waals surface area contributed by atoms with Crippen LogP contribution in [0, 0.1) is 0 Å². The number of ether oxygens (including phenoxy) is 4. The molecule has 0 radical (unpaired) electrons. The van der Waals surface area contributed by atoms with Gasteiger partial charge in [0.15, 0.2) is 11.5 Å². The molecule has 512 valence electrons. The quantitative estimate of drug-likeness (QED) is 0.0489. The number of hydrogen-bond acceptors (Lipinski definition) is 23. The van der Waals surface area contributed by atoms with Gasteiger partial charge >= 0.3 is 0 Å². The van der Waals surface area contributed by atoms with Gasteiger partial charge < -0.3 is 65.5 Å². The van der Waals surface area contributed by atoms with E-state index in [0.29, 0.717) is 91.1 Å². The second-order valence-corrected chi connectivity index (χ2v) is 25.2. The highest BCUT2D eigenvalue weighted by molar-refractivity contribution is 7.18. The summed E-state index contributed by atoms with van der Waals surface area (Å²) in [5.74, 6) is 1.16. The summed E-state index contributed by atoms with van der Waals surface area (Å²) in [5, 5.41) is 27.0. The lowest BCUT2D eigenvalue weighted by atomic mass is 10.1. The summed E-state index contributed by atoms with van der Waals surface area (Å²) in [6.07, 6.45) is 10.1. The Kier molecular flexibility index (Phi) is 21.0. The van der Waals surface area contributed by atoms with E-state index >= 15 is 0 Å². The van der Waals surface area contributed by atoms with Gasteiger partial charge in [0, 0.05) is 114 Å². The highest BCUT2D eigenvalue weighted by Gasteiger charge is 2.35. The van der Waals surface area contributed by atoms with Crippen molar-refractivity contribution in [2.24, 2.45) is 0 Å². The molecule has 7 N–H and O–H groups in total. The van der Waals surface area contributed by atoms with Crippen LogP contribution in [0.5, 0.6) is 23.0 Å². The topological polar surface area (TPSA) is 311 Å². The Hall–Kier alpha value is -11.0. The van der Waals surface area contributed by atoms with Crippen molar-refractivity contribution in [2.75, 3.05) is 152 Å². The standard InChI is InChI=1S/C24H25N5O4S.C23H23N5O3S.C21H22N8O3.CH4/c1-32-19-11-15-14-29(24(31)16(15)12-20(19)33-2)22-4-3-21(34-22)23(30)27-17-13-26-6-5-18(17)28-9-7-25-8-10-28;1-31-16-3-2-15-14-28(23(30)17(15)12-16)21-5-4-20(32-21)22(29)26-18-13-25-7-6-19(18)27-10-8-24-9-11-27;1-32-14-3-2-13-12-29(20(31)15(13)10-14)21-25-18(26-27-21)19(30)24-16-11-23-5-4-17(16)28-8-6-22-7-9-28;/h3-6,11-13,25H,7-10,14H2,1-2H3,(H,27,30);2-7,12-13,24H,8-11,14H2,1H3,(H,26,29);2-5,10-11,22H,6-9,12H2,1H3,(H,24,30)(H,25,26,27);1H4. The molecule has 3 aromatic carbocycles. The van der Waals surface area contributed by atoms with E-state index in [1.165, 1.54) is 27.6 Å². The zero-order chi connectivity index (χ0) is 67.8. The van der Waals surface area contributed by atoms with Crippen LogP contribution in [0.1, 0.15) is 85.2 Å². The Labute approximate surface area is 578 Å². The molecular formula is C69H74N18O10S2. The van der Waals surface area contributed by atoms with Gasteiger partial charge in [0.2, 0.25) is 5.82 Å². The summed E-state index contributed by atoms with van der Waals surface area (Å²) in [4.78, 5) is 107. The first kappa shape index (κ1) is 67.9. The largest absolute Gasteiger partial charge is 0.497 e. The minimum absolute atomic E-state index is 0. The van der Waals surface area contributed by atoms with E-state index in [4.69, 9.17) is 18.9 Å². The van der Waals surface area contributed by atoms with Crippen molar-refractivity contribution in [1.82, 2.24) is 46.1 Å². The van der Waals surface area contributed by atoms with Crippen LogP contribution in [-0.2, 0) is 19.6 Å². The number of hydrogen-bond donors (Lipinski definition) is 7. The molecule has 6 aliphatic rings. The van der Waals surface area contributed by atoms with Crippen LogP contribution in [0.25, 0.3) is 0 Å². The molecule has 3 fully saturated rings. The molecule has 6 amide bonds. The van der Waals surface area contributed by atoms with Crippen molar-refractivity contribution < 1.29 is 47.7 Å². The minimum atomic E-state index is -0.459. The third-order valence-corrected chi connectivity index (χ3v) is 19.5. The number of aromatic nitrogens is 6. The maximum absolute atomic E-state index is 13.1. The zero-order valence-electron chi connectivity index (χ0n) is 54.0. The van der Waals surface area contributed by atoms with Gasteiger partial charge in [-0.3, -0.25) is 63.5 Å². The van der Waals surface area contributed by atoms with Crippen LogP contribution in [0.3, 0.4) is 0 Å². The first-order valence-corrected chi connectivity index (χ1v) is 33.3. The van der Waals surface area contributed by atoms with E-state index in [1.807, 2.05) is 48.5 Å². The number of nitrogens with zero attached hydrogens (tertiary/aromatic N) is 11. The lowest BCUT2D eigenvalue weighted by Gasteiger charge is -2.30. The van der Waals surface area contributed by atoms with Gasteiger partial charge in [-0.15, -0.1) is 27.8 Å². The number of benzene rings is 3. The summed E-state index contributed by atoms with van der Waals surface area (Å²) >= 11 is 2.58. The fourth-order valence-corrected chi connectivity index (χ4v) is 14.0. The van der Waals surface area contributed by atoms with Crippen LogP contribution in [-0.4, -0.2) is 173 Å². The molecule has 28 nitrogen and oxygen atoms in total. The molecular weight excluding hydrogens is 1310 g/mol. The predicted octanol–water partition coefficient (Wildman–Crippen LogP) is 7.62. The number of pyridine rings is 3. The van der Waals surface area contributed by atoms with Crippen LogP contribution in [0.15, 0.2) is 128 Å². The van der Waals surface area contributed by atoms with E-state index in [9.17, 15) is 28.8 Å². The molecule has 0 spiro atoms. The molecule has 99 heavy (non-hydrogen) atoms. The number of amides is 6. The van der Waals surface area contributed by atoms with Gasteiger partial charge in [-0.05, 0) is 95.6 Å². The van der Waals surface area contributed by atoms with Crippen LogP contribution >= 0.6 is 22.7 Å². The Morgan fingerprint density at radius 1 is 0.455 bits per heavy atom. The predicted molar refractivity (Wildman–Crippen MR) is 381 cm³/mol. The first-order valence-electron chi connectivity index (χ1n) is 31.7. The number of methoxy groups -OCH3 is 4. The molecule has 0 unspecified atom stereocenters. The normalized spacial score (nSPS) is 15.3. The Bertz CT molecular complexity index is 4280. The number of H-pyrrole nitrogens is 1. The number of fused-ring (bicyclic) bond motifs is 3. The molecule has 0 aliphatic carbocycles. The summed E-state index contributed by atoms with van der Waals surface area (Å²) in [6, 6.07) is 27.2. The Balaban J connectivity index is 0.000000140. The SMILES string of the molecule is C.COc1cc2c(cc1OC)C(=O)N(c1ccc(C(=O)Nc3cnccc3N3CCNCC3)s1)C2.COc1ccc2c(c1)C(=O)N(c1ccc(C(=O)Nc3cnccc3N3CCNCC3)s1)C2.COc1ccc2c(c1)C(=O)N(c1n[nH]c(C(=O)Nc3cnccc3N3CCNCC3)n1)C2. The van der Waals surface area contributed by atoms with Crippen molar-refractivity contribution in [3.63, 3.8) is 0 Å². The van der Waals surface area contributed by atoms with Crippen molar-refractivity contribution in [1.29, 1.82) is 0 Å². The van der Waals surface area contributed by atoms with E-state index < -0.39 is 5.91 Å². The smallest absolute Gasteiger partial charge is 0.293 e. The summed E-state index contributed by atoms with van der Waals surface area (Å²) in [6.45, 7) is 11.7. The van der Waals surface area contributed by atoms with Gasteiger partial charge in [-0.25, -0.2) is 0 Å². The number of piperazine rings is 3. The molecule has 0 bridgehead atoms. The average molecular weight is 1380 g/mol. The lowest BCUT2D eigenvalue weighted by molar-refractivity contribution is 0.0987. The van der Waals surface area contributed by atoms with Crippen molar-refractivity contribution in [2.45, 2.75) is 27.1 Å². The summed E-state index contributed by atoms with van der Waals surface area (Å²) < 4.78 is 21.1. The number of thiophene rings is 2. The number of carbonyl (C=O) groups is 6. The number of rotatable bonds is 16. The van der Waals surface area contributed by atoms with Gasteiger partial charge in [-0.1, -0.05) is 19.6 Å². The lowest BCUT2D eigenvalue weighted by Crippen LogP contribution is -2.43. The monoisotopic (exact) mass is 1380 g/mol. The second kappa shape index (κ2) is 30.6. The van der Waals surface area contributed by atoms with Crippen LogP contribution in [0.2, 0.25) is 0 Å². The Morgan fingerprint density at radius 3 is 1.28 bits per heavy atom. The molecule has 3 saturated heterocycles. The zero-order valence-corrected chi connectivity index (χ0v) is 55.7. The summed E-state index contributed by atoms with van der Waals surface area (Å²) in [5.41, 5.74) is 9.18. The van der Waals surface area contributed by atoms with Gasteiger partial charge in [0.1, 0.15) is 11.5 Å². The fraction of sp³-hybridized carbons (Fsp3) is 0.290. The minimum Gasteiger partial charge on any atom is -0.497 e. The number of anilines is 9. The highest BCUT2D eigenvalue weighted by atomic mass is 32.1. The molecule has 30 heteroatoms. The van der Waals surface area contributed by atoms with Crippen molar-refractivity contribution in [3.8, 4) is 23.0 Å². The molecule has 6 aliphatic heterocycles. The van der Waals surface area contributed by atoms with Crippen LogP contribution < -0.4 is 80.2 Å². The number of aromatic amines is 1. The molecule has 9 aromatic rings. The molecule has 15 rings (SSSR count). The van der Waals surface area contributed by atoms with Gasteiger partial charge in [0.25, 0.3) is 41.4 Å². The maximum atomic E-state index is 13.1. The van der Waals surface area contributed by atoms with Crippen LogP contribution in [0.4, 0.5) is 50.1 Å². The highest BCUT2D eigenvalue weighted by Crippen LogP contribution is 2.41. The maximum Gasteiger partial charge on any atom is 0.293 e. The average Bonchev–Trinajstić information content (AvgIpc) is 1.65. The second-order valence-electron chi connectivity index (χ2n) is 23.1. The Morgan fingerprint density at radius 2 is 0.848 bits per heavy atom. The van der Waals surface area contributed by atoms with Gasteiger partial charge in [0.05, 0.1) is 121 Å². The molecule has 0 saturated carbocycles. The third kappa shape index (κ3) is 14.7. The number of nitrogens with one attached hydrogen (secondary N) is 7. The molecule has 6 aromatic heterocycles.